The van der Waals surface area contributed by atoms with Gasteiger partial charge in [0, 0.05) is 0 Å². The van der Waals surface area contributed by atoms with E-state index in [-0.39, 0.29) is 10.7 Å². The molecule has 0 bridgehead atoms. The highest BCUT2D eigenvalue weighted by Gasteiger charge is 2.31. The lowest BCUT2D eigenvalue weighted by molar-refractivity contribution is -0.274. The summed E-state index contributed by atoms with van der Waals surface area (Å²) in [6.07, 6.45) is -4.83. The van der Waals surface area contributed by atoms with Crippen LogP contribution in [0.15, 0.2) is 29.2 Å². The van der Waals surface area contributed by atoms with Gasteiger partial charge in [0.2, 0.25) is 0 Å². The molecule has 2 aromatic rings. The monoisotopic (exact) mass is 322 g/mol. The smallest absolute Gasteiger partial charge is 0.406 e. The van der Waals surface area contributed by atoms with Crippen molar-refractivity contribution in [1.29, 1.82) is 0 Å². The molecule has 0 aliphatic carbocycles. The molecule has 2 rings (SSSR count). The van der Waals surface area contributed by atoms with Gasteiger partial charge in [-0.25, -0.2) is 8.42 Å². The van der Waals surface area contributed by atoms with E-state index in [0.717, 1.165) is 29.1 Å². The van der Waals surface area contributed by atoms with Crippen molar-refractivity contribution in [2.45, 2.75) is 17.0 Å². The predicted octanol–water partition coefficient (Wildman–Crippen LogP) is 1.08. The molecule has 0 radical (unpaired) electrons. The van der Waals surface area contributed by atoms with Gasteiger partial charge in [0.1, 0.15) is 11.5 Å². The van der Waals surface area contributed by atoms with Crippen molar-refractivity contribution in [2.24, 2.45) is 7.05 Å². The van der Waals surface area contributed by atoms with E-state index < -0.39 is 27.7 Å². The van der Waals surface area contributed by atoms with Gasteiger partial charge in [0.15, 0.2) is 15.7 Å². The zero-order chi connectivity index (χ0) is 15.7. The van der Waals surface area contributed by atoms with Crippen LogP contribution in [0.1, 0.15) is 5.82 Å². The molecule has 11 heteroatoms. The molecule has 114 valence electrons. The fourth-order valence-corrected chi connectivity index (χ4v) is 2.66. The molecule has 1 heterocycles. The summed E-state index contributed by atoms with van der Waals surface area (Å²) in [4.78, 5) is 0.940. The first-order chi connectivity index (χ1) is 9.66. The van der Waals surface area contributed by atoms with Crippen molar-refractivity contribution in [3.05, 3.63) is 30.1 Å². The lowest BCUT2D eigenvalue weighted by Crippen LogP contribution is -2.17. The van der Waals surface area contributed by atoms with Crippen LogP contribution in [-0.2, 0) is 22.6 Å². The number of nitrogens with zero attached hydrogens (tertiary/aromatic N) is 4. The van der Waals surface area contributed by atoms with Gasteiger partial charge in [-0.3, -0.25) is 0 Å². The van der Waals surface area contributed by atoms with Crippen LogP contribution in [0.25, 0.3) is 0 Å². The van der Waals surface area contributed by atoms with E-state index in [4.69, 9.17) is 0 Å². The van der Waals surface area contributed by atoms with Gasteiger partial charge in [-0.05, 0) is 29.5 Å². The van der Waals surface area contributed by atoms with Crippen molar-refractivity contribution in [3.63, 3.8) is 0 Å². The van der Waals surface area contributed by atoms with E-state index in [0.29, 0.717) is 0 Å². The maximum atomic E-state index is 12.0. The average Bonchev–Trinajstić information content (AvgIpc) is 2.72. The summed E-state index contributed by atoms with van der Waals surface area (Å²) < 4.78 is 63.7. The van der Waals surface area contributed by atoms with Crippen LogP contribution in [0.3, 0.4) is 0 Å². The first-order valence-electron chi connectivity index (χ1n) is 5.47. The second kappa shape index (κ2) is 5.31. The molecule has 0 saturated carbocycles. The SMILES string of the molecule is Cn1nnc(CS(=O)(=O)c2ccc(OC(F)(F)F)cc2)n1. The van der Waals surface area contributed by atoms with Crippen LogP contribution in [-0.4, -0.2) is 35.0 Å². The number of hydrogen-bond acceptors (Lipinski definition) is 6. The third-order valence-electron chi connectivity index (χ3n) is 2.29. The van der Waals surface area contributed by atoms with E-state index in [1.54, 1.807) is 0 Å². The van der Waals surface area contributed by atoms with Gasteiger partial charge in [-0.2, -0.15) is 4.80 Å². The van der Waals surface area contributed by atoms with Crippen LogP contribution in [0.5, 0.6) is 5.75 Å². The number of hydrogen-bond donors (Lipinski definition) is 0. The summed E-state index contributed by atoms with van der Waals surface area (Å²) in [6, 6.07) is 3.88. The highest BCUT2D eigenvalue weighted by atomic mass is 32.2. The van der Waals surface area contributed by atoms with Crippen molar-refractivity contribution in [2.75, 3.05) is 0 Å². The number of halogens is 3. The molecule has 0 amide bonds. The van der Waals surface area contributed by atoms with E-state index in [1.807, 2.05) is 0 Å². The van der Waals surface area contributed by atoms with Crippen LogP contribution in [0.4, 0.5) is 13.2 Å². The fourth-order valence-electron chi connectivity index (χ4n) is 1.48. The number of tetrazole rings is 1. The number of ether oxygens (including phenoxy) is 1. The van der Waals surface area contributed by atoms with Crippen LogP contribution in [0.2, 0.25) is 0 Å². The highest BCUT2D eigenvalue weighted by molar-refractivity contribution is 7.90. The second-order valence-electron chi connectivity index (χ2n) is 3.97. The topological polar surface area (TPSA) is 87.0 Å². The molecule has 1 aromatic carbocycles. The Balaban J connectivity index is 2.17. The lowest BCUT2D eigenvalue weighted by atomic mass is 10.3. The van der Waals surface area contributed by atoms with E-state index in [2.05, 4.69) is 20.1 Å². The number of rotatable bonds is 4. The van der Waals surface area contributed by atoms with Gasteiger partial charge in [0.25, 0.3) is 0 Å². The lowest BCUT2D eigenvalue weighted by Gasteiger charge is -2.09. The Hall–Kier alpha value is -2.17. The van der Waals surface area contributed by atoms with E-state index in [9.17, 15) is 21.6 Å². The third kappa shape index (κ3) is 4.15. The highest BCUT2D eigenvalue weighted by Crippen LogP contribution is 2.24. The standard InChI is InChI=1S/C10H9F3N4O3S/c1-17-15-9(14-16-17)6-21(18,19)8-4-2-7(3-5-8)20-10(11,12)13/h2-5H,6H2,1H3. The molecule has 0 aliphatic rings. The molecule has 0 N–H and O–H groups in total. The molecule has 0 fully saturated rings. The maximum absolute atomic E-state index is 12.0. The molecule has 0 spiro atoms. The molecule has 21 heavy (non-hydrogen) atoms. The molecular weight excluding hydrogens is 313 g/mol. The number of aryl methyl sites for hydroxylation is 1. The Morgan fingerprint density at radius 1 is 1.24 bits per heavy atom. The first-order valence-corrected chi connectivity index (χ1v) is 7.12. The summed E-state index contributed by atoms with van der Waals surface area (Å²) in [5.74, 6) is -1.01. The molecule has 7 nitrogen and oxygen atoms in total. The Labute approximate surface area is 117 Å². The molecule has 0 atom stereocenters. The van der Waals surface area contributed by atoms with Crippen LogP contribution >= 0.6 is 0 Å². The minimum Gasteiger partial charge on any atom is -0.406 e. The van der Waals surface area contributed by atoms with Crippen LogP contribution in [0, 0.1) is 0 Å². The number of alkyl halides is 3. The van der Waals surface area contributed by atoms with Gasteiger partial charge in [-0.15, -0.1) is 23.4 Å². The van der Waals surface area contributed by atoms with Crippen molar-refractivity contribution >= 4 is 9.84 Å². The zero-order valence-corrected chi connectivity index (χ0v) is 11.4. The number of benzene rings is 1. The normalized spacial score (nSPS) is 12.4. The molecule has 0 aliphatic heterocycles. The molecule has 0 unspecified atom stereocenters. The third-order valence-corrected chi connectivity index (χ3v) is 3.91. The summed E-state index contributed by atoms with van der Waals surface area (Å²) in [5.41, 5.74) is 0. The maximum Gasteiger partial charge on any atom is 0.573 e. The van der Waals surface area contributed by atoms with Crippen molar-refractivity contribution < 1.29 is 26.3 Å². The number of sulfone groups is 1. The Bertz CT molecular complexity index is 725. The van der Waals surface area contributed by atoms with E-state index in [1.165, 1.54) is 7.05 Å². The minimum atomic E-state index is -4.83. The first kappa shape index (κ1) is 15.2. The van der Waals surface area contributed by atoms with Gasteiger partial charge in [-0.1, -0.05) is 0 Å². The molecule has 1 aromatic heterocycles. The van der Waals surface area contributed by atoms with Crippen LogP contribution < -0.4 is 4.74 Å². The van der Waals surface area contributed by atoms with E-state index >= 15 is 0 Å². The Kier molecular flexibility index (Phi) is 3.85. The van der Waals surface area contributed by atoms with Gasteiger partial charge in [0.05, 0.1) is 11.9 Å². The molecular formula is C10H9F3N4O3S. The molecule has 0 saturated heterocycles. The Morgan fingerprint density at radius 2 is 1.86 bits per heavy atom. The average molecular weight is 322 g/mol. The summed E-state index contributed by atoms with van der Waals surface area (Å²) in [7, 11) is -2.30. The summed E-state index contributed by atoms with van der Waals surface area (Å²) in [6.45, 7) is 0. The second-order valence-corrected chi connectivity index (χ2v) is 5.96. The fraction of sp³-hybridized carbons (Fsp3) is 0.300. The summed E-state index contributed by atoms with van der Waals surface area (Å²) >= 11 is 0. The van der Waals surface area contributed by atoms with Crippen molar-refractivity contribution in [3.8, 4) is 5.75 Å². The van der Waals surface area contributed by atoms with Gasteiger partial charge < -0.3 is 4.74 Å². The van der Waals surface area contributed by atoms with Gasteiger partial charge >= 0.3 is 6.36 Å². The quantitative estimate of drug-likeness (QED) is 0.837. The zero-order valence-electron chi connectivity index (χ0n) is 10.6. The Morgan fingerprint density at radius 3 is 2.33 bits per heavy atom. The predicted molar refractivity (Wildman–Crippen MR) is 62.8 cm³/mol. The minimum absolute atomic E-state index is 0.00637. The number of aromatic nitrogens is 4. The summed E-state index contributed by atoms with van der Waals surface area (Å²) in [5, 5.41) is 10.8. The van der Waals surface area contributed by atoms with Crippen molar-refractivity contribution in [1.82, 2.24) is 20.2 Å². The largest absolute Gasteiger partial charge is 0.573 e.